The molecule has 8 nitrogen and oxygen atoms in total. The average molecular weight is 555 g/mol. The molecule has 9 heteroatoms. The van der Waals surface area contributed by atoms with Crippen molar-refractivity contribution in [3.8, 4) is 0 Å². The Morgan fingerprint density at radius 3 is 2.42 bits per heavy atom. The number of amides is 2. The summed E-state index contributed by atoms with van der Waals surface area (Å²) in [6.07, 6.45) is 5.46. The van der Waals surface area contributed by atoms with Crippen LogP contribution in [0.15, 0.2) is 85.5 Å². The Balaban J connectivity index is 1.50. The van der Waals surface area contributed by atoms with Crippen molar-refractivity contribution in [2.45, 2.75) is 13.5 Å². The van der Waals surface area contributed by atoms with E-state index in [1.54, 1.807) is 36.5 Å². The van der Waals surface area contributed by atoms with Crippen molar-refractivity contribution in [1.82, 2.24) is 14.5 Å². The summed E-state index contributed by atoms with van der Waals surface area (Å²) in [5, 5.41) is 6.99. The number of fused-ring (bicyclic) bond motifs is 1. The van der Waals surface area contributed by atoms with Gasteiger partial charge in [-0.1, -0.05) is 41.9 Å². The lowest BCUT2D eigenvalue weighted by Crippen LogP contribution is -2.35. The van der Waals surface area contributed by atoms with Crippen molar-refractivity contribution in [2.24, 2.45) is 0 Å². The van der Waals surface area contributed by atoms with Gasteiger partial charge in [-0.2, -0.15) is 0 Å². The third-order valence-electron chi connectivity index (χ3n) is 6.74. The van der Waals surface area contributed by atoms with Gasteiger partial charge in [-0.3, -0.25) is 9.59 Å². The molecule has 4 aromatic rings. The number of likely N-dealkylation sites (N-methyl/N-ethyl adjacent to an activating group) is 1. The third kappa shape index (κ3) is 6.09. The van der Waals surface area contributed by atoms with Gasteiger partial charge >= 0.3 is 0 Å². The molecule has 2 amide bonds. The van der Waals surface area contributed by atoms with E-state index in [2.05, 4.69) is 15.6 Å². The summed E-state index contributed by atoms with van der Waals surface area (Å²) in [5.74, 6) is -0.218. The maximum atomic E-state index is 13.3. The normalized spacial score (nSPS) is 13.7. The van der Waals surface area contributed by atoms with E-state index in [-0.39, 0.29) is 11.8 Å². The van der Waals surface area contributed by atoms with Gasteiger partial charge in [-0.15, -0.1) is 0 Å². The van der Waals surface area contributed by atoms with Crippen LogP contribution >= 0.6 is 11.6 Å². The minimum absolute atomic E-state index is 0.0148. The zero-order chi connectivity index (χ0) is 28.2. The van der Waals surface area contributed by atoms with Gasteiger partial charge in [-0.25, -0.2) is 4.98 Å². The highest BCUT2D eigenvalue weighted by atomic mass is 35.5. The lowest BCUT2D eigenvalue weighted by atomic mass is 9.99. The Morgan fingerprint density at radius 1 is 1.02 bits per heavy atom. The molecule has 0 saturated carbocycles. The lowest BCUT2D eigenvalue weighted by Gasteiger charge is -2.23. The first kappa shape index (κ1) is 27.2. The molecule has 1 aliphatic heterocycles. The number of carbonyl (C=O) groups is 2. The molecule has 0 radical (unpaired) electrons. The fraction of sp³-hybridized carbons (Fsp3) is 0.194. The van der Waals surface area contributed by atoms with Crippen LogP contribution < -0.4 is 15.5 Å². The van der Waals surface area contributed by atoms with E-state index in [9.17, 15) is 9.59 Å². The summed E-state index contributed by atoms with van der Waals surface area (Å²) < 4.78 is 2.00. The molecule has 0 aliphatic carbocycles. The largest absolute Gasteiger partial charge is 0.354 e. The van der Waals surface area contributed by atoms with E-state index in [1.165, 1.54) is 0 Å². The van der Waals surface area contributed by atoms with Crippen LogP contribution in [0.3, 0.4) is 0 Å². The highest BCUT2D eigenvalue weighted by Gasteiger charge is 2.28. The summed E-state index contributed by atoms with van der Waals surface area (Å²) in [6.45, 7) is 3.62. The number of rotatable bonds is 9. The number of imidazole rings is 1. The number of hydrogen-bond acceptors (Lipinski definition) is 5. The van der Waals surface area contributed by atoms with Crippen molar-refractivity contribution in [2.75, 3.05) is 42.7 Å². The van der Waals surface area contributed by atoms with E-state index in [1.807, 2.05) is 84.4 Å². The zero-order valence-electron chi connectivity index (χ0n) is 22.7. The quantitative estimate of drug-likeness (QED) is 0.270. The number of carbonyl (C=O) groups excluding carboxylic acids is 2. The molecule has 2 heterocycles. The second-order valence-electron chi connectivity index (χ2n) is 9.97. The predicted molar refractivity (Wildman–Crippen MR) is 161 cm³/mol. The number of nitrogens with zero attached hydrogens (tertiary/aromatic N) is 4. The molecule has 0 saturated heterocycles. The van der Waals surface area contributed by atoms with Crippen LogP contribution in [-0.4, -0.2) is 53.5 Å². The fourth-order valence-corrected chi connectivity index (χ4v) is 4.85. The van der Waals surface area contributed by atoms with Crippen molar-refractivity contribution < 1.29 is 9.59 Å². The Kier molecular flexibility index (Phi) is 8.00. The monoisotopic (exact) mass is 554 g/mol. The second-order valence-corrected chi connectivity index (χ2v) is 10.4. The average Bonchev–Trinajstić information content (AvgIpc) is 3.55. The number of aromatic nitrogens is 2. The predicted octanol–water partition coefficient (Wildman–Crippen LogP) is 5.43. The van der Waals surface area contributed by atoms with Crippen LogP contribution in [0.5, 0.6) is 0 Å². The summed E-state index contributed by atoms with van der Waals surface area (Å²) >= 11 is 6.20. The number of halogens is 1. The first-order valence-corrected chi connectivity index (χ1v) is 13.4. The first-order valence-electron chi connectivity index (χ1n) is 13.0. The molecule has 2 N–H and O–H groups in total. The Morgan fingerprint density at radius 2 is 1.77 bits per heavy atom. The zero-order valence-corrected chi connectivity index (χ0v) is 23.4. The van der Waals surface area contributed by atoms with Gasteiger partial charge in [0.2, 0.25) is 5.91 Å². The van der Waals surface area contributed by atoms with Gasteiger partial charge in [0.15, 0.2) is 0 Å². The highest BCUT2D eigenvalue weighted by Crippen LogP contribution is 2.39. The Hall–Kier alpha value is -4.40. The number of benzene rings is 3. The molecule has 204 valence electrons. The molecule has 0 fully saturated rings. The SMILES string of the molecule is CC(=O)N(CCN(C)C)c1ccc(N/C(=C2\C(=O)Nc3cc(Cl)ccc32)c2ccc(Cn3ccnc3)cc2)cc1. The van der Waals surface area contributed by atoms with Gasteiger partial charge < -0.3 is 25.0 Å². The maximum Gasteiger partial charge on any atom is 0.258 e. The number of nitrogens with one attached hydrogen (secondary N) is 2. The molecular formula is C31H31ClN6O2. The van der Waals surface area contributed by atoms with Crippen LogP contribution in [0.25, 0.3) is 11.3 Å². The van der Waals surface area contributed by atoms with Crippen molar-refractivity contribution in [1.29, 1.82) is 0 Å². The molecule has 3 aromatic carbocycles. The summed E-state index contributed by atoms with van der Waals surface area (Å²) in [7, 11) is 3.96. The molecule has 0 atom stereocenters. The maximum absolute atomic E-state index is 13.3. The molecular weight excluding hydrogens is 524 g/mol. The van der Waals surface area contributed by atoms with E-state index >= 15 is 0 Å². The van der Waals surface area contributed by atoms with Gasteiger partial charge in [0.05, 0.1) is 23.3 Å². The Labute approximate surface area is 238 Å². The smallest absolute Gasteiger partial charge is 0.258 e. The van der Waals surface area contributed by atoms with Gasteiger partial charge in [0.1, 0.15) is 0 Å². The summed E-state index contributed by atoms with van der Waals surface area (Å²) in [5.41, 5.74) is 6.25. The molecule has 0 spiro atoms. The van der Waals surface area contributed by atoms with Gasteiger partial charge in [0, 0.05) is 60.9 Å². The topological polar surface area (TPSA) is 82.5 Å². The van der Waals surface area contributed by atoms with Crippen molar-refractivity contribution >= 4 is 51.7 Å². The first-order chi connectivity index (χ1) is 19.3. The van der Waals surface area contributed by atoms with Crippen LogP contribution in [0.1, 0.15) is 23.6 Å². The standard InChI is InChI=1S/C31H31ClN6O2/c1-21(39)38(17-16-36(2)3)26-11-9-25(10-12-26)34-30(29-27-13-8-24(32)18-28(27)35-31(29)40)23-6-4-22(5-7-23)19-37-15-14-33-20-37/h4-15,18,20,34H,16-17,19H2,1-3H3,(H,35,40)/b30-29-. The number of hydrogen-bond donors (Lipinski definition) is 2. The van der Waals surface area contributed by atoms with E-state index in [0.29, 0.717) is 35.1 Å². The molecule has 0 bridgehead atoms. The summed E-state index contributed by atoms with van der Waals surface area (Å²) in [6, 6.07) is 21.2. The van der Waals surface area contributed by atoms with Crippen LogP contribution in [0.2, 0.25) is 5.02 Å². The van der Waals surface area contributed by atoms with E-state index in [4.69, 9.17) is 11.6 Å². The van der Waals surface area contributed by atoms with Gasteiger partial charge in [0.25, 0.3) is 5.91 Å². The molecule has 5 rings (SSSR count). The van der Waals surface area contributed by atoms with Crippen molar-refractivity contribution in [3.05, 3.63) is 107 Å². The minimum Gasteiger partial charge on any atom is -0.354 e. The van der Waals surface area contributed by atoms with E-state index in [0.717, 1.165) is 34.6 Å². The fourth-order valence-electron chi connectivity index (χ4n) is 4.68. The third-order valence-corrected chi connectivity index (χ3v) is 6.98. The lowest BCUT2D eigenvalue weighted by molar-refractivity contribution is -0.116. The highest BCUT2D eigenvalue weighted by molar-refractivity contribution is 6.38. The van der Waals surface area contributed by atoms with Crippen molar-refractivity contribution in [3.63, 3.8) is 0 Å². The van der Waals surface area contributed by atoms with Crippen LogP contribution in [0, 0.1) is 0 Å². The minimum atomic E-state index is -0.203. The molecule has 40 heavy (non-hydrogen) atoms. The van der Waals surface area contributed by atoms with Crippen LogP contribution in [0.4, 0.5) is 17.1 Å². The summed E-state index contributed by atoms with van der Waals surface area (Å²) in [4.78, 5) is 33.5. The Bertz CT molecular complexity index is 1540. The molecule has 1 aromatic heterocycles. The van der Waals surface area contributed by atoms with Crippen LogP contribution in [-0.2, 0) is 16.1 Å². The number of anilines is 3. The molecule has 1 aliphatic rings. The molecule has 0 unspecified atom stereocenters. The second kappa shape index (κ2) is 11.8. The van der Waals surface area contributed by atoms with Gasteiger partial charge in [-0.05, 0) is 61.6 Å². The van der Waals surface area contributed by atoms with E-state index < -0.39 is 0 Å².